The number of anilines is 2. The first-order chi connectivity index (χ1) is 12.6. The van der Waals surface area contributed by atoms with Crippen molar-refractivity contribution < 1.29 is 13.2 Å². The van der Waals surface area contributed by atoms with Crippen LogP contribution in [0.5, 0.6) is 0 Å². The third kappa shape index (κ3) is 4.64. The molecular formula is C19H18BrN3O3S. The topological polar surface area (TPSA) is 88.2 Å². The molecule has 6 nitrogen and oxygen atoms in total. The molecule has 0 aliphatic heterocycles. The quantitative estimate of drug-likeness (QED) is 0.625. The van der Waals surface area contributed by atoms with E-state index in [1.807, 2.05) is 25.1 Å². The second kappa shape index (κ2) is 7.28. The van der Waals surface area contributed by atoms with Crippen molar-refractivity contribution in [2.45, 2.75) is 13.8 Å². The van der Waals surface area contributed by atoms with Crippen molar-refractivity contribution in [2.75, 3.05) is 16.3 Å². The normalized spacial score (nSPS) is 11.4. The molecular weight excluding hydrogens is 430 g/mol. The van der Waals surface area contributed by atoms with Crippen molar-refractivity contribution in [1.29, 1.82) is 0 Å². The molecule has 0 radical (unpaired) electrons. The zero-order valence-electron chi connectivity index (χ0n) is 15.0. The highest BCUT2D eigenvalue weighted by atomic mass is 79.9. The number of rotatable bonds is 4. The molecule has 0 fully saturated rings. The van der Waals surface area contributed by atoms with Gasteiger partial charge in [-0.2, -0.15) is 0 Å². The second-order valence-electron chi connectivity index (χ2n) is 6.33. The van der Waals surface area contributed by atoms with E-state index in [1.165, 1.54) is 0 Å². The van der Waals surface area contributed by atoms with E-state index in [4.69, 9.17) is 0 Å². The summed E-state index contributed by atoms with van der Waals surface area (Å²) in [5.41, 5.74) is 3.64. The molecule has 0 bridgehead atoms. The Hall–Kier alpha value is -2.45. The minimum Gasteiger partial charge on any atom is -0.322 e. The van der Waals surface area contributed by atoms with Crippen molar-refractivity contribution in [3.8, 4) is 0 Å². The number of benzene rings is 2. The molecule has 3 rings (SSSR count). The Morgan fingerprint density at radius 1 is 1.07 bits per heavy atom. The zero-order chi connectivity index (χ0) is 19.8. The fraction of sp³-hybridized carbons (Fsp3) is 0.158. The second-order valence-corrected chi connectivity index (χ2v) is 8.99. The van der Waals surface area contributed by atoms with Crippen LogP contribution in [0, 0.1) is 13.8 Å². The number of sulfonamides is 1. The number of fused-ring (bicyclic) bond motifs is 1. The van der Waals surface area contributed by atoms with E-state index >= 15 is 0 Å². The van der Waals surface area contributed by atoms with Crippen LogP contribution in [-0.2, 0) is 10.0 Å². The first-order valence-corrected chi connectivity index (χ1v) is 10.8. The molecule has 1 heterocycles. The van der Waals surface area contributed by atoms with Crippen molar-refractivity contribution in [1.82, 2.24) is 4.98 Å². The van der Waals surface area contributed by atoms with E-state index in [0.717, 1.165) is 32.9 Å². The highest BCUT2D eigenvalue weighted by Gasteiger charge is 2.14. The summed E-state index contributed by atoms with van der Waals surface area (Å²) in [6.07, 6.45) is 1.08. The van der Waals surface area contributed by atoms with Crippen molar-refractivity contribution in [3.05, 3.63) is 63.8 Å². The van der Waals surface area contributed by atoms with Crippen LogP contribution in [0.15, 0.2) is 46.9 Å². The van der Waals surface area contributed by atoms with Crippen LogP contribution in [0.25, 0.3) is 10.9 Å². The summed E-state index contributed by atoms with van der Waals surface area (Å²) in [6, 6.07) is 12.4. The Morgan fingerprint density at radius 2 is 1.81 bits per heavy atom. The lowest BCUT2D eigenvalue weighted by atomic mass is 10.1. The van der Waals surface area contributed by atoms with Crippen LogP contribution in [0.1, 0.15) is 21.6 Å². The predicted molar refractivity (Wildman–Crippen MR) is 112 cm³/mol. The summed E-state index contributed by atoms with van der Waals surface area (Å²) in [5, 5.41) is 3.56. The van der Waals surface area contributed by atoms with Gasteiger partial charge >= 0.3 is 0 Å². The minimum atomic E-state index is -3.41. The van der Waals surface area contributed by atoms with Crippen molar-refractivity contribution in [3.63, 3.8) is 0 Å². The number of nitrogens with one attached hydrogen (secondary N) is 2. The number of hydrogen-bond donors (Lipinski definition) is 2. The zero-order valence-corrected chi connectivity index (χ0v) is 17.4. The van der Waals surface area contributed by atoms with Crippen LogP contribution in [0.4, 0.5) is 11.4 Å². The highest BCUT2D eigenvalue weighted by molar-refractivity contribution is 9.10. The van der Waals surface area contributed by atoms with Gasteiger partial charge in [0.15, 0.2) is 0 Å². The Morgan fingerprint density at radius 3 is 2.52 bits per heavy atom. The molecule has 0 spiro atoms. The van der Waals surface area contributed by atoms with Gasteiger partial charge in [-0.25, -0.2) is 8.42 Å². The Labute approximate surface area is 166 Å². The maximum absolute atomic E-state index is 12.9. The van der Waals surface area contributed by atoms with Gasteiger partial charge < -0.3 is 5.32 Å². The van der Waals surface area contributed by atoms with E-state index in [-0.39, 0.29) is 5.91 Å². The van der Waals surface area contributed by atoms with E-state index in [0.29, 0.717) is 16.9 Å². The Balaban J connectivity index is 1.98. The third-order valence-electron chi connectivity index (χ3n) is 3.93. The maximum atomic E-state index is 12.9. The number of pyridine rings is 1. The maximum Gasteiger partial charge on any atom is 0.256 e. The summed E-state index contributed by atoms with van der Waals surface area (Å²) in [4.78, 5) is 17.3. The first-order valence-electron chi connectivity index (χ1n) is 8.09. The summed E-state index contributed by atoms with van der Waals surface area (Å²) in [6.45, 7) is 3.62. The van der Waals surface area contributed by atoms with Gasteiger partial charge in [-0.15, -0.1) is 0 Å². The molecule has 0 atom stereocenters. The number of hydrogen-bond acceptors (Lipinski definition) is 4. The van der Waals surface area contributed by atoms with Crippen LogP contribution >= 0.6 is 15.9 Å². The monoisotopic (exact) mass is 447 g/mol. The Kier molecular flexibility index (Phi) is 5.21. The number of carbonyl (C=O) groups is 1. The third-order valence-corrected chi connectivity index (χ3v) is 5.02. The van der Waals surface area contributed by atoms with E-state index in [1.54, 1.807) is 31.2 Å². The Bertz CT molecular complexity index is 1160. The molecule has 8 heteroatoms. The number of aromatic nitrogens is 1. The molecule has 3 aromatic rings. The fourth-order valence-electron chi connectivity index (χ4n) is 2.73. The average molecular weight is 448 g/mol. The standard InChI is InChI=1S/C19H18BrN3O3S/c1-11-4-6-14(10-18(11)23-27(3,25)26)22-19(24)16-8-12(2)21-17-7-5-13(20)9-15(16)17/h4-10,23H,1-3H3,(H,22,24). The van der Waals surface area contributed by atoms with Gasteiger partial charge in [0.25, 0.3) is 5.91 Å². The molecule has 27 heavy (non-hydrogen) atoms. The predicted octanol–water partition coefficient (Wildman–Crippen LogP) is 4.24. The number of halogens is 1. The number of aryl methyl sites for hydroxylation is 2. The molecule has 2 aromatic carbocycles. The fourth-order valence-corrected chi connectivity index (χ4v) is 3.71. The lowest BCUT2D eigenvalue weighted by molar-refractivity contribution is 0.102. The highest BCUT2D eigenvalue weighted by Crippen LogP contribution is 2.25. The van der Waals surface area contributed by atoms with Gasteiger partial charge in [-0.05, 0) is 55.8 Å². The number of carbonyl (C=O) groups excluding carboxylic acids is 1. The van der Waals surface area contributed by atoms with Crippen molar-refractivity contribution >= 4 is 54.1 Å². The lowest BCUT2D eigenvalue weighted by Crippen LogP contribution is -2.14. The van der Waals surface area contributed by atoms with Crippen LogP contribution in [0.3, 0.4) is 0 Å². The van der Waals surface area contributed by atoms with Gasteiger partial charge in [-0.1, -0.05) is 22.0 Å². The van der Waals surface area contributed by atoms with E-state index in [2.05, 4.69) is 31.0 Å². The first kappa shape index (κ1) is 19.3. The van der Waals surface area contributed by atoms with E-state index < -0.39 is 10.0 Å². The molecule has 2 N–H and O–H groups in total. The molecule has 0 aliphatic carbocycles. The van der Waals surface area contributed by atoms with Gasteiger partial charge in [0.05, 0.1) is 23.0 Å². The van der Waals surface area contributed by atoms with E-state index in [9.17, 15) is 13.2 Å². The summed E-state index contributed by atoms with van der Waals surface area (Å²) >= 11 is 3.42. The van der Waals surface area contributed by atoms with Crippen molar-refractivity contribution in [2.24, 2.45) is 0 Å². The summed E-state index contributed by atoms with van der Waals surface area (Å²) in [7, 11) is -3.41. The summed E-state index contributed by atoms with van der Waals surface area (Å²) < 4.78 is 26.3. The SMILES string of the molecule is Cc1cc(C(=O)Nc2ccc(C)c(NS(C)(=O)=O)c2)c2cc(Br)ccc2n1. The minimum absolute atomic E-state index is 0.294. The average Bonchev–Trinajstić information content (AvgIpc) is 2.56. The van der Waals surface area contributed by atoms with Gasteiger partial charge in [-0.3, -0.25) is 14.5 Å². The van der Waals surface area contributed by atoms with Crippen LogP contribution < -0.4 is 10.0 Å². The smallest absolute Gasteiger partial charge is 0.256 e. The van der Waals surface area contributed by atoms with Crippen LogP contribution in [-0.4, -0.2) is 25.6 Å². The number of nitrogens with zero attached hydrogens (tertiary/aromatic N) is 1. The molecule has 140 valence electrons. The molecule has 1 aromatic heterocycles. The van der Waals surface area contributed by atoms with Gasteiger partial charge in [0, 0.05) is 21.2 Å². The molecule has 0 aliphatic rings. The molecule has 0 saturated carbocycles. The van der Waals surface area contributed by atoms with Gasteiger partial charge in [0.2, 0.25) is 10.0 Å². The molecule has 0 unspecified atom stereocenters. The number of amides is 1. The lowest BCUT2D eigenvalue weighted by Gasteiger charge is -2.12. The molecule has 0 saturated heterocycles. The van der Waals surface area contributed by atoms with Gasteiger partial charge in [0.1, 0.15) is 0 Å². The molecule has 1 amide bonds. The largest absolute Gasteiger partial charge is 0.322 e. The van der Waals surface area contributed by atoms with Crippen LogP contribution in [0.2, 0.25) is 0 Å². The summed E-state index contributed by atoms with van der Waals surface area (Å²) in [5.74, 6) is -0.294.